The third-order valence-electron chi connectivity index (χ3n) is 4.11. The van der Waals surface area contributed by atoms with E-state index >= 15 is 4.39 Å². The van der Waals surface area contributed by atoms with Crippen molar-refractivity contribution < 1.29 is 12.8 Å². The minimum Gasteiger partial charge on any atom is -0.292 e. The van der Waals surface area contributed by atoms with Crippen LogP contribution in [-0.4, -0.2) is 23.6 Å². The van der Waals surface area contributed by atoms with Gasteiger partial charge < -0.3 is 0 Å². The van der Waals surface area contributed by atoms with Crippen LogP contribution < -0.4 is 9.62 Å². The van der Waals surface area contributed by atoms with Crippen LogP contribution in [0, 0.1) is 12.7 Å². The fourth-order valence-corrected chi connectivity index (χ4v) is 4.63. The Bertz CT molecular complexity index is 1230. The molecular formula is C19H16FN5O2S2. The van der Waals surface area contributed by atoms with E-state index in [0.717, 1.165) is 23.0 Å². The summed E-state index contributed by atoms with van der Waals surface area (Å²) < 4.78 is 42.5. The smallest absolute Gasteiger partial charge is 0.263 e. The van der Waals surface area contributed by atoms with Gasteiger partial charge in [-0.2, -0.15) is 5.10 Å². The molecule has 0 aliphatic carbocycles. The SMILES string of the molecule is Cc1cccc(N(c2ccn[nH]2)c2ccc(S(=O)(=O)Nc3nccs3)cc2F)c1. The molecule has 0 aliphatic heterocycles. The maximum absolute atomic E-state index is 15.1. The van der Waals surface area contributed by atoms with E-state index in [2.05, 4.69) is 19.9 Å². The van der Waals surface area contributed by atoms with Gasteiger partial charge in [-0.3, -0.25) is 14.7 Å². The second-order valence-corrected chi connectivity index (χ2v) is 8.75. The first-order valence-corrected chi connectivity index (χ1v) is 10.9. The number of nitrogens with one attached hydrogen (secondary N) is 2. The minimum atomic E-state index is -3.95. The van der Waals surface area contributed by atoms with Gasteiger partial charge in [0.25, 0.3) is 10.0 Å². The summed E-state index contributed by atoms with van der Waals surface area (Å²) in [5, 5.41) is 8.63. The van der Waals surface area contributed by atoms with Gasteiger partial charge in [0.05, 0.1) is 16.8 Å². The number of anilines is 4. The lowest BCUT2D eigenvalue weighted by molar-refractivity contribution is 0.595. The predicted octanol–water partition coefficient (Wildman–Crippen LogP) is 4.58. The standard InChI is InChI=1S/C19H16FN5O2S2/c1-13-3-2-4-14(11-13)25(18-7-8-22-23-18)17-6-5-15(12-16(17)20)29(26,27)24-19-21-9-10-28-19/h2-12H,1H3,(H,21,24)(H,22,23). The van der Waals surface area contributed by atoms with E-state index in [-0.39, 0.29) is 15.7 Å². The molecule has 0 saturated carbocycles. The number of halogens is 1. The van der Waals surface area contributed by atoms with E-state index < -0.39 is 15.8 Å². The summed E-state index contributed by atoms with van der Waals surface area (Å²) in [7, 11) is -3.95. The summed E-state index contributed by atoms with van der Waals surface area (Å²) in [5.74, 6) is -0.144. The molecule has 2 heterocycles. The molecule has 29 heavy (non-hydrogen) atoms. The van der Waals surface area contributed by atoms with E-state index in [1.165, 1.54) is 18.3 Å². The Morgan fingerprint density at radius 2 is 2.00 bits per heavy atom. The summed E-state index contributed by atoms with van der Waals surface area (Å²) >= 11 is 1.14. The van der Waals surface area contributed by atoms with E-state index in [9.17, 15) is 8.42 Å². The Labute approximate surface area is 170 Å². The molecule has 2 aromatic carbocycles. The molecule has 4 rings (SSSR count). The minimum absolute atomic E-state index is 0.188. The molecule has 10 heteroatoms. The van der Waals surface area contributed by atoms with Crippen LogP contribution in [0.5, 0.6) is 0 Å². The average molecular weight is 430 g/mol. The Balaban J connectivity index is 1.75. The first kappa shape index (κ1) is 19.1. The van der Waals surface area contributed by atoms with Gasteiger partial charge in [0.15, 0.2) is 5.13 Å². The lowest BCUT2D eigenvalue weighted by Gasteiger charge is -2.24. The first-order valence-electron chi connectivity index (χ1n) is 8.52. The number of thiazole rings is 1. The number of sulfonamides is 1. The molecule has 148 valence electrons. The Kier molecular flexibility index (Phi) is 5.03. The molecule has 0 saturated heterocycles. The molecule has 0 unspecified atom stereocenters. The second-order valence-electron chi connectivity index (χ2n) is 6.17. The lowest BCUT2D eigenvalue weighted by Crippen LogP contribution is -2.15. The number of hydrogen-bond acceptors (Lipinski definition) is 6. The molecule has 7 nitrogen and oxygen atoms in total. The zero-order valence-corrected chi connectivity index (χ0v) is 16.8. The van der Waals surface area contributed by atoms with E-state index in [1.807, 2.05) is 31.2 Å². The van der Waals surface area contributed by atoms with E-state index in [0.29, 0.717) is 11.5 Å². The van der Waals surface area contributed by atoms with Crippen molar-refractivity contribution in [3.05, 3.63) is 77.7 Å². The van der Waals surface area contributed by atoms with Crippen molar-refractivity contribution >= 4 is 43.7 Å². The third-order valence-corrected chi connectivity index (χ3v) is 6.27. The van der Waals surface area contributed by atoms with Gasteiger partial charge >= 0.3 is 0 Å². The van der Waals surface area contributed by atoms with Gasteiger partial charge in [-0.05, 0) is 42.8 Å². The molecule has 0 radical (unpaired) electrons. The van der Waals surface area contributed by atoms with E-state index in [4.69, 9.17) is 0 Å². The van der Waals surface area contributed by atoms with Crippen LogP contribution in [0.1, 0.15) is 5.56 Å². The molecule has 4 aromatic rings. The van der Waals surface area contributed by atoms with Crippen LogP contribution in [0.2, 0.25) is 0 Å². The van der Waals surface area contributed by atoms with Crippen LogP contribution in [0.15, 0.2) is 71.2 Å². The topological polar surface area (TPSA) is 91.0 Å². The number of hydrogen-bond donors (Lipinski definition) is 2. The Hall–Kier alpha value is -3.24. The molecule has 0 fully saturated rings. The second kappa shape index (κ2) is 7.64. The number of aryl methyl sites for hydroxylation is 1. The zero-order chi connectivity index (χ0) is 20.4. The summed E-state index contributed by atoms with van der Waals surface area (Å²) in [5.41, 5.74) is 1.90. The van der Waals surface area contributed by atoms with Gasteiger partial charge in [0.2, 0.25) is 0 Å². The van der Waals surface area contributed by atoms with Crippen molar-refractivity contribution in [3.8, 4) is 0 Å². The van der Waals surface area contributed by atoms with Crippen LogP contribution in [0.25, 0.3) is 0 Å². The van der Waals surface area contributed by atoms with Crippen LogP contribution in [0.4, 0.5) is 26.7 Å². The normalized spacial score (nSPS) is 11.4. The Morgan fingerprint density at radius 1 is 1.14 bits per heavy atom. The molecule has 2 N–H and O–H groups in total. The molecule has 0 amide bonds. The highest BCUT2D eigenvalue weighted by Gasteiger charge is 2.22. The van der Waals surface area contributed by atoms with Crippen molar-refractivity contribution in [2.75, 3.05) is 9.62 Å². The largest absolute Gasteiger partial charge is 0.292 e. The predicted molar refractivity (Wildman–Crippen MR) is 111 cm³/mol. The van der Waals surface area contributed by atoms with Gasteiger partial charge in [-0.25, -0.2) is 17.8 Å². The summed E-state index contributed by atoms with van der Waals surface area (Å²) in [6.07, 6.45) is 3.04. The number of aromatic amines is 1. The highest BCUT2D eigenvalue weighted by Crippen LogP contribution is 2.36. The van der Waals surface area contributed by atoms with Crippen LogP contribution in [-0.2, 0) is 10.0 Å². The van der Waals surface area contributed by atoms with Crippen molar-refractivity contribution in [2.24, 2.45) is 0 Å². The molecular weight excluding hydrogens is 413 g/mol. The maximum atomic E-state index is 15.1. The van der Waals surface area contributed by atoms with Crippen LogP contribution in [0.3, 0.4) is 0 Å². The van der Waals surface area contributed by atoms with Gasteiger partial charge in [0, 0.05) is 23.3 Å². The average Bonchev–Trinajstić information content (AvgIpc) is 3.37. The quantitative estimate of drug-likeness (QED) is 0.468. The van der Waals surface area contributed by atoms with Crippen LogP contribution >= 0.6 is 11.3 Å². The van der Waals surface area contributed by atoms with Crippen molar-refractivity contribution in [3.63, 3.8) is 0 Å². The summed E-state index contributed by atoms with van der Waals surface area (Å²) in [6.45, 7) is 1.94. The third kappa shape index (κ3) is 3.98. The number of rotatable bonds is 6. The monoisotopic (exact) mass is 429 g/mol. The maximum Gasteiger partial charge on any atom is 0.263 e. The van der Waals surface area contributed by atoms with E-state index in [1.54, 1.807) is 22.5 Å². The lowest BCUT2D eigenvalue weighted by atomic mass is 10.2. The zero-order valence-electron chi connectivity index (χ0n) is 15.2. The fourth-order valence-electron chi connectivity index (χ4n) is 2.83. The number of H-pyrrole nitrogens is 1. The number of benzene rings is 2. The number of aromatic nitrogens is 3. The van der Waals surface area contributed by atoms with Gasteiger partial charge in [-0.1, -0.05) is 12.1 Å². The van der Waals surface area contributed by atoms with Crippen molar-refractivity contribution in [2.45, 2.75) is 11.8 Å². The number of nitrogens with zero attached hydrogens (tertiary/aromatic N) is 3. The highest BCUT2D eigenvalue weighted by atomic mass is 32.2. The Morgan fingerprint density at radius 3 is 2.66 bits per heavy atom. The summed E-state index contributed by atoms with van der Waals surface area (Å²) in [6, 6.07) is 13.0. The molecule has 0 bridgehead atoms. The molecule has 2 aromatic heterocycles. The van der Waals surface area contributed by atoms with Crippen molar-refractivity contribution in [1.29, 1.82) is 0 Å². The first-order chi connectivity index (χ1) is 13.9. The van der Waals surface area contributed by atoms with Gasteiger partial charge in [0.1, 0.15) is 11.6 Å². The molecule has 0 aliphatic rings. The summed E-state index contributed by atoms with van der Waals surface area (Å²) in [4.78, 5) is 5.34. The molecule has 0 spiro atoms. The highest BCUT2D eigenvalue weighted by molar-refractivity contribution is 7.93. The van der Waals surface area contributed by atoms with Gasteiger partial charge in [-0.15, -0.1) is 11.3 Å². The van der Waals surface area contributed by atoms with Crippen molar-refractivity contribution in [1.82, 2.24) is 15.2 Å². The molecule has 0 atom stereocenters. The fraction of sp³-hybridized carbons (Fsp3) is 0.0526.